The van der Waals surface area contributed by atoms with Crippen LogP contribution in [0.2, 0.25) is 0 Å². The van der Waals surface area contributed by atoms with E-state index in [9.17, 15) is 22.8 Å². The molecule has 0 bridgehead atoms. The van der Waals surface area contributed by atoms with E-state index in [4.69, 9.17) is 4.74 Å². The predicted molar refractivity (Wildman–Crippen MR) is 99.1 cm³/mol. The Morgan fingerprint density at radius 2 is 1.46 bits per heavy atom. The first-order valence-electron chi connectivity index (χ1n) is 8.38. The Bertz CT molecular complexity index is 791. The molecule has 0 aromatic heterocycles. The molecule has 0 radical (unpaired) electrons. The van der Waals surface area contributed by atoms with Crippen LogP contribution in [0.1, 0.15) is 11.1 Å². The van der Waals surface area contributed by atoms with Crippen LogP contribution in [0, 0.1) is 0 Å². The highest BCUT2D eigenvalue weighted by atomic mass is 19.4. The molecule has 0 saturated carbocycles. The predicted octanol–water partition coefficient (Wildman–Crippen LogP) is 3.65. The summed E-state index contributed by atoms with van der Waals surface area (Å²) < 4.78 is 42.4. The van der Waals surface area contributed by atoms with Crippen LogP contribution in [0.4, 0.5) is 29.3 Å². The monoisotopic (exact) mass is 395 g/mol. The highest BCUT2D eigenvalue weighted by Crippen LogP contribution is 2.29. The molecule has 9 heteroatoms. The molecular weight excluding hydrogens is 375 g/mol. The number of carbonyl (C=O) groups is 2. The van der Waals surface area contributed by atoms with Crippen LogP contribution < -0.4 is 16.0 Å². The zero-order valence-electron chi connectivity index (χ0n) is 15.1. The minimum atomic E-state index is -4.43. The molecule has 0 aliphatic heterocycles. The van der Waals surface area contributed by atoms with Gasteiger partial charge in [-0.2, -0.15) is 13.2 Å². The van der Waals surface area contributed by atoms with Gasteiger partial charge in [-0.15, -0.1) is 0 Å². The van der Waals surface area contributed by atoms with Crippen LogP contribution in [-0.2, 0) is 22.1 Å². The Kier molecular flexibility index (Phi) is 7.39. The molecule has 0 aliphatic rings. The van der Waals surface area contributed by atoms with Gasteiger partial charge in [0.1, 0.15) is 0 Å². The van der Waals surface area contributed by atoms with Gasteiger partial charge in [0.2, 0.25) is 5.91 Å². The molecule has 28 heavy (non-hydrogen) atoms. The second-order valence-electron chi connectivity index (χ2n) is 5.87. The van der Waals surface area contributed by atoms with Crippen LogP contribution in [0.5, 0.6) is 0 Å². The number of rotatable bonds is 7. The van der Waals surface area contributed by atoms with Crippen LogP contribution in [0.15, 0.2) is 48.5 Å². The molecule has 3 N–H and O–H groups in total. The van der Waals surface area contributed by atoms with Crippen molar-refractivity contribution in [3.8, 4) is 0 Å². The zero-order valence-corrected chi connectivity index (χ0v) is 15.1. The van der Waals surface area contributed by atoms with E-state index in [1.165, 1.54) is 12.1 Å². The maximum Gasteiger partial charge on any atom is 0.416 e. The number of anilines is 2. The van der Waals surface area contributed by atoms with E-state index in [2.05, 4.69) is 16.0 Å². The number of methoxy groups -OCH3 is 1. The molecule has 3 amide bonds. The fourth-order valence-electron chi connectivity index (χ4n) is 2.28. The van der Waals surface area contributed by atoms with Crippen LogP contribution in [0.3, 0.4) is 0 Å². The Balaban J connectivity index is 1.84. The molecule has 0 atom stereocenters. The summed E-state index contributed by atoms with van der Waals surface area (Å²) in [5.74, 6) is -0.141. The van der Waals surface area contributed by atoms with Gasteiger partial charge in [0.25, 0.3) is 0 Å². The molecule has 150 valence electrons. The second kappa shape index (κ2) is 9.75. The highest BCUT2D eigenvalue weighted by Gasteiger charge is 2.29. The average Bonchev–Trinajstić information content (AvgIpc) is 2.63. The standard InChI is InChI=1S/C19H20F3N3O3/c1-28-11-10-23-17(26)12-13-2-6-15(7-3-13)24-18(27)25-16-8-4-14(5-9-16)19(20,21)22/h2-9H,10-12H2,1H3,(H,23,26)(H2,24,25,27). The van der Waals surface area contributed by atoms with E-state index in [1.807, 2.05) is 0 Å². The first-order valence-corrected chi connectivity index (χ1v) is 8.38. The minimum absolute atomic E-state index is 0.141. The summed E-state index contributed by atoms with van der Waals surface area (Å²) >= 11 is 0. The second-order valence-corrected chi connectivity index (χ2v) is 5.87. The van der Waals surface area contributed by atoms with Crippen LogP contribution >= 0.6 is 0 Å². The summed E-state index contributed by atoms with van der Waals surface area (Å²) in [5.41, 5.74) is 0.687. The lowest BCUT2D eigenvalue weighted by Gasteiger charge is -2.10. The van der Waals surface area contributed by atoms with Gasteiger partial charge in [0.15, 0.2) is 0 Å². The van der Waals surface area contributed by atoms with E-state index < -0.39 is 17.8 Å². The van der Waals surface area contributed by atoms with Gasteiger partial charge < -0.3 is 20.7 Å². The van der Waals surface area contributed by atoms with Gasteiger partial charge in [-0.05, 0) is 42.0 Å². The third-order valence-corrected chi connectivity index (χ3v) is 3.67. The van der Waals surface area contributed by atoms with E-state index in [1.54, 1.807) is 31.4 Å². The van der Waals surface area contributed by atoms with Gasteiger partial charge in [-0.3, -0.25) is 4.79 Å². The smallest absolute Gasteiger partial charge is 0.383 e. The molecule has 0 unspecified atom stereocenters. The molecular formula is C19H20F3N3O3. The van der Waals surface area contributed by atoms with Crippen molar-refractivity contribution in [2.24, 2.45) is 0 Å². The molecule has 0 spiro atoms. The molecule has 0 heterocycles. The van der Waals surface area contributed by atoms with Gasteiger partial charge >= 0.3 is 12.2 Å². The van der Waals surface area contributed by atoms with E-state index in [0.717, 1.165) is 17.7 Å². The van der Waals surface area contributed by atoms with Gasteiger partial charge in [-0.25, -0.2) is 4.79 Å². The van der Waals surface area contributed by atoms with Gasteiger partial charge in [-0.1, -0.05) is 12.1 Å². The fraction of sp³-hybridized carbons (Fsp3) is 0.263. The maximum atomic E-state index is 12.5. The Morgan fingerprint density at radius 3 is 1.96 bits per heavy atom. The third-order valence-electron chi connectivity index (χ3n) is 3.67. The molecule has 0 fully saturated rings. The van der Waals surface area contributed by atoms with Crippen molar-refractivity contribution in [2.45, 2.75) is 12.6 Å². The molecule has 0 aliphatic carbocycles. The number of urea groups is 1. The Morgan fingerprint density at radius 1 is 0.929 bits per heavy atom. The summed E-state index contributed by atoms with van der Waals surface area (Å²) in [6, 6.07) is 10.2. The quantitative estimate of drug-likeness (QED) is 0.626. The number of nitrogens with one attached hydrogen (secondary N) is 3. The molecule has 2 rings (SSSR count). The third kappa shape index (κ3) is 6.92. The summed E-state index contributed by atoms with van der Waals surface area (Å²) in [6.45, 7) is 0.863. The normalized spacial score (nSPS) is 11.0. The molecule has 0 saturated heterocycles. The van der Waals surface area contributed by atoms with Crippen molar-refractivity contribution in [2.75, 3.05) is 30.9 Å². The number of alkyl halides is 3. The Hall–Kier alpha value is -3.07. The van der Waals surface area contributed by atoms with Crippen molar-refractivity contribution in [1.29, 1.82) is 0 Å². The first kappa shape index (κ1) is 21.2. The largest absolute Gasteiger partial charge is 0.416 e. The molecule has 2 aromatic carbocycles. The zero-order chi connectivity index (χ0) is 20.6. The number of benzene rings is 2. The van der Waals surface area contributed by atoms with Crippen molar-refractivity contribution < 1.29 is 27.5 Å². The minimum Gasteiger partial charge on any atom is -0.383 e. The SMILES string of the molecule is COCCNC(=O)Cc1ccc(NC(=O)Nc2ccc(C(F)(F)F)cc2)cc1. The summed E-state index contributed by atoms with van der Waals surface area (Å²) in [6.07, 6.45) is -4.23. The van der Waals surface area contributed by atoms with Crippen LogP contribution in [0.25, 0.3) is 0 Å². The lowest BCUT2D eigenvalue weighted by atomic mass is 10.1. The van der Waals surface area contributed by atoms with Gasteiger partial charge in [0.05, 0.1) is 18.6 Å². The topological polar surface area (TPSA) is 79.5 Å². The van der Waals surface area contributed by atoms with Crippen molar-refractivity contribution in [3.05, 3.63) is 59.7 Å². The van der Waals surface area contributed by atoms with Crippen LogP contribution in [-0.4, -0.2) is 32.2 Å². The van der Waals surface area contributed by atoms with Crippen molar-refractivity contribution in [1.82, 2.24) is 5.32 Å². The van der Waals surface area contributed by atoms with E-state index in [-0.39, 0.29) is 18.0 Å². The summed E-state index contributed by atoms with van der Waals surface area (Å²) in [7, 11) is 1.55. The lowest BCUT2D eigenvalue weighted by molar-refractivity contribution is -0.137. The highest BCUT2D eigenvalue weighted by molar-refractivity contribution is 5.99. The first-order chi connectivity index (χ1) is 13.3. The number of carbonyl (C=O) groups excluding carboxylic acids is 2. The lowest BCUT2D eigenvalue weighted by Crippen LogP contribution is -2.28. The van der Waals surface area contributed by atoms with Gasteiger partial charge in [0, 0.05) is 25.0 Å². The Labute approximate surface area is 160 Å². The van der Waals surface area contributed by atoms with Crippen molar-refractivity contribution in [3.63, 3.8) is 0 Å². The number of amides is 3. The summed E-state index contributed by atoms with van der Waals surface area (Å²) in [5, 5.41) is 7.72. The maximum absolute atomic E-state index is 12.5. The summed E-state index contributed by atoms with van der Waals surface area (Å²) in [4.78, 5) is 23.7. The number of ether oxygens (including phenoxy) is 1. The van der Waals surface area contributed by atoms with Crippen molar-refractivity contribution >= 4 is 23.3 Å². The number of hydrogen-bond donors (Lipinski definition) is 3. The molecule has 6 nitrogen and oxygen atoms in total. The average molecular weight is 395 g/mol. The van der Waals surface area contributed by atoms with E-state index in [0.29, 0.717) is 18.8 Å². The number of hydrogen-bond acceptors (Lipinski definition) is 3. The molecule has 2 aromatic rings. The fourth-order valence-corrected chi connectivity index (χ4v) is 2.28. The number of halogens is 3. The van der Waals surface area contributed by atoms with E-state index >= 15 is 0 Å².